The van der Waals surface area contributed by atoms with Crippen molar-refractivity contribution in [2.45, 2.75) is 71.1 Å². The topological polar surface area (TPSA) is 73.9 Å². The summed E-state index contributed by atoms with van der Waals surface area (Å²) in [5.74, 6) is -1.25. The Morgan fingerprint density at radius 2 is 1.82 bits per heavy atom. The average Bonchev–Trinajstić information content (AvgIpc) is 2.91. The molecule has 1 atom stereocenters. The van der Waals surface area contributed by atoms with Gasteiger partial charge in [0.05, 0.1) is 12.2 Å². The molecule has 0 radical (unpaired) electrons. The quantitative estimate of drug-likeness (QED) is 0.527. The minimum atomic E-state index is -3.01. The minimum absolute atomic E-state index is 0.00723. The van der Waals surface area contributed by atoms with Crippen LogP contribution in [0, 0.1) is 0 Å². The molecule has 0 spiro atoms. The second-order valence-corrected chi connectivity index (χ2v) is 6.72. The predicted molar refractivity (Wildman–Crippen MR) is 98.8 cm³/mol. The van der Waals surface area contributed by atoms with Gasteiger partial charge in [-0.15, -0.1) is 0 Å². The Bertz CT molecular complexity index is 660. The first-order valence-electron chi connectivity index (χ1n) is 9.63. The van der Waals surface area contributed by atoms with Crippen molar-refractivity contribution in [2.24, 2.45) is 0 Å². The van der Waals surface area contributed by atoms with Gasteiger partial charge in [-0.05, 0) is 44.9 Å². The molecule has 156 valence electrons. The van der Waals surface area contributed by atoms with E-state index in [-0.39, 0.29) is 35.6 Å². The van der Waals surface area contributed by atoms with Gasteiger partial charge in [0.25, 0.3) is 5.91 Å². The summed E-state index contributed by atoms with van der Waals surface area (Å²) in [6.07, 6.45) is 5.38. The summed E-state index contributed by atoms with van der Waals surface area (Å²) in [4.78, 5) is 24.7. The maximum absolute atomic E-state index is 12.5. The number of alkyl halides is 2. The number of hydrogen-bond donors (Lipinski definition) is 1. The number of amides is 1. The standard InChI is InChI=1S/C20H27F2NO5/c1-3-26-17-12-14(10-11-16(17)28-20(21)22)19(25)27-13(2)18(24)23-15-8-6-4-5-7-9-15/h10-13,15,20H,3-9H2,1-2H3,(H,23,24)/t13-/m0/s1. The molecule has 8 heteroatoms. The summed E-state index contributed by atoms with van der Waals surface area (Å²) >= 11 is 0. The highest BCUT2D eigenvalue weighted by Crippen LogP contribution is 2.30. The maximum atomic E-state index is 12.5. The molecule has 1 saturated carbocycles. The zero-order valence-electron chi connectivity index (χ0n) is 16.2. The molecule has 1 aliphatic rings. The van der Waals surface area contributed by atoms with E-state index in [4.69, 9.17) is 9.47 Å². The Morgan fingerprint density at radius 1 is 1.14 bits per heavy atom. The van der Waals surface area contributed by atoms with Crippen molar-refractivity contribution in [3.8, 4) is 11.5 Å². The van der Waals surface area contributed by atoms with Crippen LogP contribution in [-0.2, 0) is 9.53 Å². The van der Waals surface area contributed by atoms with E-state index in [1.807, 2.05) is 0 Å². The van der Waals surface area contributed by atoms with Crippen LogP contribution in [0.3, 0.4) is 0 Å². The van der Waals surface area contributed by atoms with Crippen LogP contribution in [0.5, 0.6) is 11.5 Å². The molecule has 1 fully saturated rings. The number of carbonyl (C=O) groups excluding carboxylic acids is 2. The molecule has 0 aromatic heterocycles. The molecule has 0 heterocycles. The molecule has 0 saturated heterocycles. The molecule has 0 aliphatic heterocycles. The number of halogens is 2. The van der Waals surface area contributed by atoms with Crippen LogP contribution in [0.4, 0.5) is 8.78 Å². The molecule has 28 heavy (non-hydrogen) atoms. The molecular formula is C20H27F2NO5. The molecule has 1 aliphatic carbocycles. The van der Waals surface area contributed by atoms with Crippen molar-refractivity contribution in [1.29, 1.82) is 0 Å². The summed E-state index contributed by atoms with van der Waals surface area (Å²) in [5.41, 5.74) is 0.0826. The van der Waals surface area contributed by atoms with E-state index >= 15 is 0 Å². The summed E-state index contributed by atoms with van der Waals surface area (Å²) in [6, 6.07) is 3.87. The zero-order valence-corrected chi connectivity index (χ0v) is 16.2. The molecule has 1 aromatic carbocycles. The van der Waals surface area contributed by atoms with E-state index in [1.54, 1.807) is 6.92 Å². The fourth-order valence-corrected chi connectivity index (χ4v) is 3.12. The van der Waals surface area contributed by atoms with E-state index < -0.39 is 18.7 Å². The third-order valence-corrected chi connectivity index (χ3v) is 4.55. The highest BCUT2D eigenvalue weighted by Gasteiger charge is 2.23. The van der Waals surface area contributed by atoms with Crippen molar-refractivity contribution in [1.82, 2.24) is 5.32 Å². The first kappa shape index (κ1) is 21.9. The van der Waals surface area contributed by atoms with Gasteiger partial charge in [-0.1, -0.05) is 25.7 Å². The van der Waals surface area contributed by atoms with Gasteiger partial charge in [-0.3, -0.25) is 4.79 Å². The zero-order chi connectivity index (χ0) is 20.5. The molecule has 0 unspecified atom stereocenters. The van der Waals surface area contributed by atoms with Gasteiger partial charge in [-0.25, -0.2) is 4.79 Å². The third kappa shape index (κ3) is 6.65. The first-order valence-corrected chi connectivity index (χ1v) is 9.63. The minimum Gasteiger partial charge on any atom is -0.490 e. The lowest BCUT2D eigenvalue weighted by Crippen LogP contribution is -2.41. The highest BCUT2D eigenvalue weighted by atomic mass is 19.3. The van der Waals surface area contributed by atoms with Crippen LogP contribution < -0.4 is 14.8 Å². The van der Waals surface area contributed by atoms with Gasteiger partial charge in [0.15, 0.2) is 17.6 Å². The van der Waals surface area contributed by atoms with Crippen LogP contribution in [0.25, 0.3) is 0 Å². The van der Waals surface area contributed by atoms with Gasteiger partial charge in [0.2, 0.25) is 0 Å². The van der Waals surface area contributed by atoms with Gasteiger partial charge in [0, 0.05) is 6.04 Å². The van der Waals surface area contributed by atoms with Gasteiger partial charge in [-0.2, -0.15) is 8.78 Å². The largest absolute Gasteiger partial charge is 0.490 e. The summed E-state index contributed by atoms with van der Waals surface area (Å²) in [5, 5.41) is 2.93. The molecule has 1 amide bonds. The predicted octanol–water partition coefficient (Wildman–Crippen LogP) is 4.07. The molecule has 1 N–H and O–H groups in total. The van der Waals surface area contributed by atoms with Crippen molar-refractivity contribution in [2.75, 3.05) is 6.61 Å². The molecule has 1 aromatic rings. The van der Waals surface area contributed by atoms with E-state index in [1.165, 1.54) is 38.0 Å². The Hall–Kier alpha value is -2.38. The van der Waals surface area contributed by atoms with Crippen molar-refractivity contribution < 1.29 is 32.6 Å². The Morgan fingerprint density at radius 3 is 2.43 bits per heavy atom. The SMILES string of the molecule is CCOc1cc(C(=O)O[C@@H](C)C(=O)NC2CCCCCC2)ccc1OC(F)F. The van der Waals surface area contributed by atoms with Crippen molar-refractivity contribution in [3.63, 3.8) is 0 Å². The maximum Gasteiger partial charge on any atom is 0.387 e. The van der Waals surface area contributed by atoms with E-state index in [9.17, 15) is 18.4 Å². The molecular weight excluding hydrogens is 372 g/mol. The number of ether oxygens (including phenoxy) is 3. The molecule has 6 nitrogen and oxygen atoms in total. The van der Waals surface area contributed by atoms with Crippen LogP contribution in [0.1, 0.15) is 62.7 Å². The normalized spacial score (nSPS) is 16.2. The van der Waals surface area contributed by atoms with Crippen molar-refractivity contribution in [3.05, 3.63) is 23.8 Å². The van der Waals surface area contributed by atoms with Crippen LogP contribution in [0.2, 0.25) is 0 Å². The van der Waals surface area contributed by atoms with Gasteiger partial charge >= 0.3 is 12.6 Å². The number of hydrogen-bond acceptors (Lipinski definition) is 5. The van der Waals surface area contributed by atoms with E-state index in [0.29, 0.717) is 0 Å². The fourth-order valence-electron chi connectivity index (χ4n) is 3.12. The highest BCUT2D eigenvalue weighted by molar-refractivity contribution is 5.92. The number of nitrogens with one attached hydrogen (secondary N) is 1. The van der Waals surface area contributed by atoms with Crippen LogP contribution >= 0.6 is 0 Å². The summed E-state index contributed by atoms with van der Waals surface area (Å²) in [6.45, 7) is 0.376. The lowest BCUT2D eigenvalue weighted by Gasteiger charge is -2.20. The lowest BCUT2D eigenvalue weighted by molar-refractivity contribution is -0.129. The molecule has 2 rings (SSSR count). The van der Waals surface area contributed by atoms with Gasteiger partial charge < -0.3 is 19.5 Å². The van der Waals surface area contributed by atoms with Crippen LogP contribution in [0.15, 0.2) is 18.2 Å². The van der Waals surface area contributed by atoms with Gasteiger partial charge in [0.1, 0.15) is 0 Å². The average molecular weight is 399 g/mol. The smallest absolute Gasteiger partial charge is 0.387 e. The fraction of sp³-hybridized carbons (Fsp3) is 0.600. The number of rotatable bonds is 8. The monoisotopic (exact) mass is 399 g/mol. The Labute approximate surface area is 163 Å². The Balaban J connectivity index is 1.98. The lowest BCUT2D eigenvalue weighted by atomic mass is 10.1. The number of esters is 1. The second-order valence-electron chi connectivity index (χ2n) is 6.72. The second kappa shape index (κ2) is 10.8. The van der Waals surface area contributed by atoms with Crippen LogP contribution in [-0.4, -0.2) is 37.2 Å². The summed E-state index contributed by atoms with van der Waals surface area (Å²) < 4.78 is 39.8. The Kier molecular flexibility index (Phi) is 8.47. The molecule has 0 bridgehead atoms. The summed E-state index contributed by atoms with van der Waals surface area (Å²) in [7, 11) is 0. The number of carbonyl (C=O) groups is 2. The third-order valence-electron chi connectivity index (χ3n) is 4.55. The van der Waals surface area contributed by atoms with E-state index in [0.717, 1.165) is 25.7 Å². The van der Waals surface area contributed by atoms with E-state index in [2.05, 4.69) is 10.1 Å². The first-order chi connectivity index (χ1) is 13.4. The van der Waals surface area contributed by atoms with Crippen molar-refractivity contribution >= 4 is 11.9 Å². The number of benzene rings is 1.